The SMILES string of the molecule is Cc1cc(N=Nc2c(S(=O)(=O)O)cc3c(S(=O)(=O)O)c(N=Nc4cc(S(=O)(=O)O)c5cc(SOOO)c(N=Nc6ccc([N+](=O)[O-])cc6S(=O)(=O)O)c(O)c5c4N)ccc3c2O)c(OCCCSOOO)cc1N=Nc1cc(OCCO)c(N=Nc2cc(S(=O)(=O)O)cc3cc(S(=O)(=O)O)cc(O)c23)cc1OCCCSOOO. The zero-order chi connectivity index (χ0) is 83.6. The Hall–Kier alpha value is -10.1. The monoisotopic (exact) mass is 1770 g/mol. The minimum absolute atomic E-state index is 0.0480. The van der Waals surface area contributed by atoms with Crippen LogP contribution in [0.25, 0.3) is 32.3 Å². The molecule has 0 saturated carbocycles. The van der Waals surface area contributed by atoms with E-state index in [0.29, 0.717) is 54.4 Å². The van der Waals surface area contributed by atoms with Crippen LogP contribution in [0, 0.1) is 17.0 Å². The van der Waals surface area contributed by atoms with E-state index in [-0.39, 0.29) is 106 Å². The fourth-order valence-electron chi connectivity index (χ4n) is 10.0. The zero-order valence-electron chi connectivity index (χ0n) is 56.3. The van der Waals surface area contributed by atoms with Gasteiger partial charge in [0.2, 0.25) is 0 Å². The molecule has 0 aromatic heterocycles. The molecule has 0 fully saturated rings. The maximum atomic E-state index is 13.4. The molecule has 0 atom stereocenters. The van der Waals surface area contributed by atoms with Crippen LogP contribution in [0.2, 0.25) is 0 Å². The van der Waals surface area contributed by atoms with Crippen LogP contribution in [0.3, 0.4) is 0 Å². The molecule has 9 rings (SSSR count). The lowest BCUT2D eigenvalue weighted by Gasteiger charge is -2.15. The number of hydrogen-bond donors (Lipinski definition) is 14. The number of aliphatic hydroxyl groups excluding tert-OH is 1. The summed E-state index contributed by atoms with van der Waals surface area (Å²) >= 11 is 1.24. The highest BCUT2D eigenvalue weighted by molar-refractivity contribution is 7.95. The van der Waals surface area contributed by atoms with Crippen LogP contribution in [0.4, 0.5) is 68.2 Å². The molecule has 0 radical (unpaired) electrons. The normalized spacial score (nSPS) is 12.9. The molecule has 0 bridgehead atoms. The Morgan fingerprint density at radius 1 is 0.447 bits per heavy atom. The van der Waals surface area contributed by atoms with Gasteiger partial charge in [0.15, 0.2) is 11.5 Å². The zero-order valence-corrected chi connectivity index (χ0v) is 63.6. The van der Waals surface area contributed by atoms with E-state index >= 15 is 0 Å². The smallest absolute Gasteiger partial charge is 0.297 e. The van der Waals surface area contributed by atoms with E-state index in [9.17, 15) is 108 Å². The fourth-order valence-corrected chi connectivity index (χ4v) is 15.1. The Bertz CT molecular complexity index is 6200. The molecule has 114 heavy (non-hydrogen) atoms. The number of hydrogen-bond acceptors (Lipinski definition) is 44. The largest absolute Gasteiger partial charge is 0.507 e. The van der Waals surface area contributed by atoms with Crippen molar-refractivity contribution in [3.05, 3.63) is 113 Å². The summed E-state index contributed by atoms with van der Waals surface area (Å²) in [6, 6.07) is 12.7. The van der Waals surface area contributed by atoms with Crippen molar-refractivity contribution in [2.45, 2.75) is 54.0 Å². The van der Waals surface area contributed by atoms with Gasteiger partial charge in [-0.3, -0.25) is 37.4 Å². The molecule has 0 spiro atoms. The van der Waals surface area contributed by atoms with Crippen molar-refractivity contribution >= 4 is 197 Å². The minimum atomic E-state index is -5.77. The number of nitro groups is 1. The Morgan fingerprint density at radius 3 is 1.48 bits per heavy atom. The molecule has 9 aromatic rings. The quantitative estimate of drug-likeness (QED) is 0.00251. The van der Waals surface area contributed by atoms with Crippen LogP contribution in [0.1, 0.15) is 18.4 Å². The van der Waals surface area contributed by atoms with E-state index in [2.05, 4.69) is 79.3 Å². The number of ether oxygens (including phenoxy) is 3. The Morgan fingerprint density at radius 2 is 0.939 bits per heavy atom. The number of rotatable bonds is 37. The van der Waals surface area contributed by atoms with Crippen LogP contribution >= 0.6 is 36.1 Å². The molecule has 0 saturated heterocycles. The van der Waals surface area contributed by atoms with Crippen LogP contribution in [0.5, 0.6) is 34.5 Å². The second-order valence-electron chi connectivity index (χ2n) is 22.2. The second-order valence-corrected chi connectivity index (χ2v) is 32.8. The van der Waals surface area contributed by atoms with Crippen molar-refractivity contribution in [3.8, 4) is 34.5 Å². The van der Waals surface area contributed by atoms with Crippen molar-refractivity contribution < 1.29 is 161 Å². The van der Waals surface area contributed by atoms with Gasteiger partial charge >= 0.3 is 0 Å². The third kappa shape index (κ3) is 21.2. The van der Waals surface area contributed by atoms with Crippen molar-refractivity contribution in [1.82, 2.24) is 0 Å². The summed E-state index contributed by atoms with van der Waals surface area (Å²) in [5.41, 5.74) is -1.24. The third-order valence-corrected chi connectivity index (χ3v) is 21.9. The summed E-state index contributed by atoms with van der Waals surface area (Å²) in [5.74, 6) is -3.88. The predicted octanol–water partition coefficient (Wildman–Crippen LogP) is 13.1. The molecular weight excluding hydrogens is 1720 g/mol. The highest BCUT2D eigenvalue weighted by Gasteiger charge is 2.31. The van der Waals surface area contributed by atoms with Gasteiger partial charge in [0.25, 0.3) is 66.4 Å². The van der Waals surface area contributed by atoms with Crippen molar-refractivity contribution in [1.29, 1.82) is 0 Å². The molecule has 48 nitrogen and oxygen atoms in total. The maximum Gasteiger partial charge on any atom is 0.297 e. The van der Waals surface area contributed by atoms with Gasteiger partial charge in [-0.25, -0.2) is 15.8 Å². The average Bonchev–Trinajstić information content (AvgIpc) is 0.753. The number of non-ortho nitro benzene ring substituents is 1. The third-order valence-electron chi connectivity index (χ3n) is 14.8. The fraction of sp³-hybridized carbons (Fsp3) is 0.158. The molecule has 15 N–H and O–H groups in total. The summed E-state index contributed by atoms with van der Waals surface area (Å²) in [6.45, 7) is -0.0363. The molecule has 0 amide bonds. The first kappa shape index (κ1) is 87.8. The molecule has 0 aliphatic carbocycles. The predicted molar refractivity (Wildman–Crippen MR) is 390 cm³/mol. The van der Waals surface area contributed by atoms with Gasteiger partial charge in [0.1, 0.15) is 94.7 Å². The number of aromatic hydroxyl groups is 3. The van der Waals surface area contributed by atoms with Crippen LogP contribution in [-0.2, 0) is 88.8 Å². The number of nitrogens with zero attached hydrogens (tertiary/aromatic N) is 11. The first-order valence-corrected chi connectivity index (χ1v) is 41.4. The van der Waals surface area contributed by atoms with Crippen LogP contribution in [0.15, 0.2) is 182 Å². The number of azo groups is 5. The molecule has 9 aromatic carbocycles. The lowest BCUT2D eigenvalue weighted by atomic mass is 10.0. The molecule has 0 unspecified atom stereocenters. The van der Waals surface area contributed by atoms with E-state index < -0.39 is 197 Å². The number of phenolic OH excluding ortho intramolecular Hbond substituents is 3. The maximum absolute atomic E-state index is 13.4. The molecule has 0 heterocycles. The number of nitrogens with two attached hydrogens (primary N) is 1. The van der Waals surface area contributed by atoms with Crippen LogP contribution < -0.4 is 19.9 Å². The first-order chi connectivity index (χ1) is 53.6. The summed E-state index contributed by atoms with van der Waals surface area (Å²) in [5, 5.41) is 129. The second kappa shape index (κ2) is 36.6. The summed E-state index contributed by atoms with van der Waals surface area (Å²) in [7, 11) is -32.4. The molecule has 608 valence electrons. The Balaban J connectivity index is 1.14. The number of nitro benzene ring substituents is 1. The van der Waals surface area contributed by atoms with Crippen molar-refractivity contribution in [2.24, 2.45) is 51.1 Å². The number of nitrogen functional groups attached to an aromatic ring is 1. The van der Waals surface area contributed by atoms with Gasteiger partial charge < -0.3 is 40.4 Å². The van der Waals surface area contributed by atoms with Gasteiger partial charge in [-0.1, -0.05) is 15.1 Å². The highest BCUT2D eigenvalue weighted by Crippen LogP contribution is 2.53. The molecule has 57 heteroatoms. The van der Waals surface area contributed by atoms with Crippen molar-refractivity contribution in [2.75, 3.05) is 43.7 Å². The van der Waals surface area contributed by atoms with E-state index in [1.54, 1.807) is 0 Å². The summed E-state index contributed by atoms with van der Waals surface area (Å²) in [4.78, 5) is 2.82. The minimum Gasteiger partial charge on any atom is -0.507 e. The number of fused-ring (bicyclic) bond motifs is 3. The van der Waals surface area contributed by atoms with E-state index in [1.807, 2.05) is 0 Å². The number of anilines is 1. The van der Waals surface area contributed by atoms with Gasteiger partial charge in [-0.05, 0) is 91.4 Å². The van der Waals surface area contributed by atoms with Gasteiger partial charge in [-0.2, -0.15) is 55.6 Å². The number of aliphatic hydroxyl groups is 1. The summed E-state index contributed by atoms with van der Waals surface area (Å²) < 4.78 is 246. The van der Waals surface area contributed by atoms with E-state index in [1.165, 1.54) is 31.2 Å². The van der Waals surface area contributed by atoms with E-state index in [0.717, 1.165) is 42.5 Å². The highest BCUT2D eigenvalue weighted by atomic mass is 32.2. The molecule has 0 aliphatic heterocycles. The molecule has 0 aliphatic rings. The van der Waals surface area contributed by atoms with E-state index in [4.69, 9.17) is 35.7 Å². The molecular formula is C57H50N12O36S9. The van der Waals surface area contributed by atoms with Crippen LogP contribution in [-0.4, -0.2) is 157 Å². The number of benzene rings is 9. The first-order valence-electron chi connectivity index (χ1n) is 30.2. The standard InChI is InChI=1S/C57H50N12O36S9/c1-26-14-37(43(97-9-2-12-106-103-100-76)22-36(26)61-62-38-24-45(99-11-8-70)39(23-44(38)98-10-3-13-107-104-101-77)63-65-40-18-29(109(79,80)81)15-27-16-30(110(82,83)84)19-42(71)50(27)40)64-68-54-49(113(91,92)93)21-32-31(55(54)72)5-7-35(57(32)114(94,95)96)60-66-41-25-47(111(85,86)87)33-20-46(108-105-102-78)53(56(73)51(33)52(41)58)67-59-34-6-4-28(69(74)75)17-48(34)112(88,89)90/h4-7,14-25,70-73,76-78H,2-3,8-13,58H2,1H3,(H,79,80,81)(H,82,83,84)(H,85,86,87)(H,88,89,90)(H,91,92,93)(H,94,95,96). The lowest BCUT2D eigenvalue weighted by molar-refractivity contribution is -0.432. The van der Waals surface area contributed by atoms with Gasteiger partial charge in [0.05, 0.1) is 79.3 Å². The van der Waals surface area contributed by atoms with Crippen molar-refractivity contribution in [3.63, 3.8) is 0 Å². The van der Waals surface area contributed by atoms with Gasteiger partial charge in [-0.15, -0.1) is 59.0 Å². The Kier molecular flexibility index (Phi) is 28.2. The van der Waals surface area contributed by atoms with Gasteiger partial charge in [0, 0.05) is 88.1 Å². The topological polar surface area (TPSA) is 744 Å². The average molecular weight is 1770 g/mol. The number of phenols is 3. The number of aryl methyl sites for hydroxylation is 1. The summed E-state index contributed by atoms with van der Waals surface area (Å²) in [6.07, 6.45) is 0.258. The lowest BCUT2D eigenvalue weighted by Crippen LogP contribution is -2.03. The Labute approximate surface area is 650 Å².